The molecular formula is C14H23FN2O3S. The second-order valence-corrected chi connectivity index (χ2v) is 6.69. The summed E-state index contributed by atoms with van der Waals surface area (Å²) in [7, 11) is -2.21. The van der Waals surface area contributed by atoms with Crippen LogP contribution in [0, 0.1) is 12.7 Å². The van der Waals surface area contributed by atoms with Gasteiger partial charge in [0.25, 0.3) is 0 Å². The monoisotopic (exact) mass is 318 g/mol. The Kier molecular flexibility index (Phi) is 6.73. The van der Waals surface area contributed by atoms with Crippen molar-refractivity contribution in [3.05, 3.63) is 29.1 Å². The summed E-state index contributed by atoms with van der Waals surface area (Å²) in [5.74, 6) is -0.460. The number of aryl methyl sites for hydroxylation is 1. The minimum Gasteiger partial charge on any atom is -0.383 e. The van der Waals surface area contributed by atoms with Crippen molar-refractivity contribution >= 4 is 10.0 Å². The van der Waals surface area contributed by atoms with Crippen LogP contribution in [0.5, 0.6) is 0 Å². The van der Waals surface area contributed by atoms with Crippen LogP contribution in [0.15, 0.2) is 17.0 Å². The van der Waals surface area contributed by atoms with Crippen molar-refractivity contribution in [2.75, 3.05) is 13.7 Å². The Labute approximate surface area is 125 Å². The van der Waals surface area contributed by atoms with E-state index in [0.717, 1.165) is 6.42 Å². The Morgan fingerprint density at radius 1 is 1.43 bits per heavy atom. The Hall–Kier alpha value is -1.02. The van der Waals surface area contributed by atoms with Crippen LogP contribution in [0.1, 0.15) is 30.9 Å². The van der Waals surface area contributed by atoms with Gasteiger partial charge < -0.3 is 10.5 Å². The topological polar surface area (TPSA) is 81.4 Å². The number of rotatable bonds is 8. The maximum Gasteiger partial charge on any atom is 0.240 e. The summed E-state index contributed by atoms with van der Waals surface area (Å²) >= 11 is 0. The Morgan fingerprint density at radius 3 is 2.62 bits per heavy atom. The molecule has 0 saturated carbocycles. The second kappa shape index (κ2) is 7.84. The lowest BCUT2D eigenvalue weighted by atomic mass is 10.1. The first-order valence-electron chi connectivity index (χ1n) is 6.86. The number of halogens is 1. The predicted molar refractivity (Wildman–Crippen MR) is 79.9 cm³/mol. The van der Waals surface area contributed by atoms with Crippen LogP contribution < -0.4 is 10.5 Å². The average molecular weight is 318 g/mol. The van der Waals surface area contributed by atoms with Crippen LogP contribution in [-0.4, -0.2) is 28.2 Å². The maximum atomic E-state index is 13.8. The van der Waals surface area contributed by atoms with E-state index in [4.69, 9.17) is 10.5 Å². The smallest absolute Gasteiger partial charge is 0.240 e. The predicted octanol–water partition coefficient (Wildman–Crippen LogP) is 1.69. The minimum atomic E-state index is -3.73. The molecule has 1 unspecified atom stereocenters. The molecule has 3 N–H and O–H groups in total. The normalized spacial score (nSPS) is 13.4. The summed E-state index contributed by atoms with van der Waals surface area (Å²) in [4.78, 5) is 0.0269. The van der Waals surface area contributed by atoms with Gasteiger partial charge in [0.15, 0.2) is 0 Å². The van der Waals surface area contributed by atoms with Gasteiger partial charge in [-0.15, -0.1) is 0 Å². The van der Waals surface area contributed by atoms with Crippen LogP contribution in [-0.2, 0) is 21.3 Å². The molecule has 1 atom stereocenters. The van der Waals surface area contributed by atoms with Crippen LogP contribution in [0.2, 0.25) is 0 Å². The average Bonchev–Trinajstić information content (AvgIpc) is 2.41. The highest BCUT2D eigenvalue weighted by atomic mass is 32.2. The van der Waals surface area contributed by atoms with Gasteiger partial charge >= 0.3 is 0 Å². The van der Waals surface area contributed by atoms with Crippen molar-refractivity contribution in [2.45, 2.75) is 44.2 Å². The molecule has 0 radical (unpaired) electrons. The molecule has 7 heteroatoms. The third-order valence-electron chi connectivity index (χ3n) is 3.16. The summed E-state index contributed by atoms with van der Waals surface area (Å²) in [6.07, 6.45) is 1.49. The van der Waals surface area contributed by atoms with E-state index in [1.165, 1.54) is 26.2 Å². The fourth-order valence-electron chi connectivity index (χ4n) is 2.12. The number of nitrogens with two attached hydrogens (primary N) is 1. The van der Waals surface area contributed by atoms with Gasteiger partial charge in [0.05, 0.1) is 11.5 Å². The number of benzene rings is 1. The molecule has 0 heterocycles. The van der Waals surface area contributed by atoms with Crippen LogP contribution in [0.4, 0.5) is 4.39 Å². The molecule has 1 aromatic carbocycles. The van der Waals surface area contributed by atoms with Crippen LogP contribution >= 0.6 is 0 Å². The zero-order chi connectivity index (χ0) is 16.0. The zero-order valence-corrected chi connectivity index (χ0v) is 13.5. The molecule has 5 nitrogen and oxygen atoms in total. The second-order valence-electron chi connectivity index (χ2n) is 4.98. The van der Waals surface area contributed by atoms with E-state index in [2.05, 4.69) is 4.72 Å². The molecule has 0 amide bonds. The number of hydrogen-bond acceptors (Lipinski definition) is 4. The first kappa shape index (κ1) is 18.0. The van der Waals surface area contributed by atoms with E-state index >= 15 is 0 Å². The first-order valence-corrected chi connectivity index (χ1v) is 8.34. The maximum absolute atomic E-state index is 13.8. The molecule has 120 valence electrons. The van der Waals surface area contributed by atoms with Crippen LogP contribution in [0.3, 0.4) is 0 Å². The molecule has 0 bridgehead atoms. The van der Waals surface area contributed by atoms with E-state index in [0.29, 0.717) is 6.42 Å². The molecular weight excluding hydrogens is 295 g/mol. The van der Waals surface area contributed by atoms with Crippen molar-refractivity contribution in [1.29, 1.82) is 0 Å². The standard InChI is InChI=1S/C14H23FN2O3S/c1-4-5-12(9-20-3)17-21(18,19)13-6-10(2)14(15)11(7-13)8-16/h6-7,12,17H,4-5,8-9,16H2,1-3H3. The fourth-order valence-corrected chi connectivity index (χ4v) is 3.51. The van der Waals surface area contributed by atoms with Crippen molar-refractivity contribution in [2.24, 2.45) is 5.73 Å². The minimum absolute atomic E-state index is 0.0269. The summed E-state index contributed by atoms with van der Waals surface area (Å²) in [5, 5.41) is 0. The molecule has 21 heavy (non-hydrogen) atoms. The van der Waals surface area contributed by atoms with Gasteiger partial charge in [-0.3, -0.25) is 0 Å². The molecule has 0 aliphatic rings. The molecule has 1 aromatic rings. The third kappa shape index (κ3) is 4.74. The highest BCUT2D eigenvalue weighted by Gasteiger charge is 2.21. The van der Waals surface area contributed by atoms with Gasteiger partial charge in [0, 0.05) is 25.3 Å². The summed E-state index contributed by atoms with van der Waals surface area (Å²) in [6, 6.07) is 2.28. The van der Waals surface area contributed by atoms with E-state index in [1.807, 2.05) is 6.92 Å². The highest BCUT2D eigenvalue weighted by molar-refractivity contribution is 7.89. The number of ether oxygens (including phenoxy) is 1. The Morgan fingerprint density at radius 2 is 2.10 bits per heavy atom. The first-order chi connectivity index (χ1) is 9.85. The lowest BCUT2D eigenvalue weighted by Crippen LogP contribution is -2.38. The van der Waals surface area contributed by atoms with Gasteiger partial charge in [-0.05, 0) is 31.0 Å². The fraction of sp³-hybridized carbons (Fsp3) is 0.571. The summed E-state index contributed by atoms with van der Waals surface area (Å²) in [5.41, 5.74) is 5.90. The van der Waals surface area contributed by atoms with E-state index in [-0.39, 0.29) is 35.2 Å². The van der Waals surface area contributed by atoms with Gasteiger partial charge in [-0.1, -0.05) is 13.3 Å². The van der Waals surface area contributed by atoms with Gasteiger partial charge in [0.2, 0.25) is 10.0 Å². The van der Waals surface area contributed by atoms with Gasteiger partial charge in [-0.2, -0.15) is 0 Å². The number of nitrogens with one attached hydrogen (secondary N) is 1. The Balaban J connectivity index is 3.09. The van der Waals surface area contributed by atoms with E-state index < -0.39 is 15.8 Å². The van der Waals surface area contributed by atoms with Crippen molar-refractivity contribution in [1.82, 2.24) is 4.72 Å². The summed E-state index contributed by atoms with van der Waals surface area (Å²) in [6.45, 7) is 3.72. The summed E-state index contributed by atoms with van der Waals surface area (Å²) < 4.78 is 46.2. The number of sulfonamides is 1. The molecule has 0 aliphatic carbocycles. The highest BCUT2D eigenvalue weighted by Crippen LogP contribution is 2.19. The van der Waals surface area contributed by atoms with Crippen molar-refractivity contribution in [3.63, 3.8) is 0 Å². The quantitative estimate of drug-likeness (QED) is 0.764. The molecule has 0 spiro atoms. The number of hydrogen-bond donors (Lipinski definition) is 2. The van der Waals surface area contributed by atoms with Gasteiger partial charge in [-0.25, -0.2) is 17.5 Å². The van der Waals surface area contributed by atoms with Crippen molar-refractivity contribution < 1.29 is 17.5 Å². The lowest BCUT2D eigenvalue weighted by molar-refractivity contribution is 0.171. The zero-order valence-electron chi connectivity index (χ0n) is 12.6. The van der Waals surface area contributed by atoms with Crippen molar-refractivity contribution in [3.8, 4) is 0 Å². The molecule has 0 aliphatic heterocycles. The van der Waals surface area contributed by atoms with E-state index in [9.17, 15) is 12.8 Å². The SMILES string of the molecule is CCCC(COC)NS(=O)(=O)c1cc(C)c(F)c(CN)c1. The van der Waals surface area contributed by atoms with E-state index in [1.54, 1.807) is 0 Å². The lowest BCUT2D eigenvalue weighted by Gasteiger charge is -2.18. The molecule has 1 rings (SSSR count). The molecule has 0 saturated heterocycles. The molecule has 0 aromatic heterocycles. The third-order valence-corrected chi connectivity index (χ3v) is 4.66. The van der Waals surface area contributed by atoms with Crippen LogP contribution in [0.25, 0.3) is 0 Å². The Bertz CT molecular complexity index is 570. The van der Waals surface area contributed by atoms with Gasteiger partial charge in [0.1, 0.15) is 5.82 Å². The number of methoxy groups -OCH3 is 1. The largest absolute Gasteiger partial charge is 0.383 e. The molecule has 0 fully saturated rings.